The molecular formula is C12H23N3O2S. The molecule has 1 atom stereocenters. The van der Waals surface area contributed by atoms with Crippen LogP contribution in [0, 0.1) is 5.92 Å². The number of thioether (sulfide) groups is 1. The first-order chi connectivity index (χ1) is 8.50. The molecule has 1 aliphatic heterocycles. The number of carbonyl (C=O) groups is 2. The molecule has 0 bridgehead atoms. The Morgan fingerprint density at radius 3 is 2.78 bits per heavy atom. The van der Waals surface area contributed by atoms with Crippen molar-refractivity contribution in [2.75, 3.05) is 38.2 Å². The molecule has 6 heteroatoms. The first-order valence-electron chi connectivity index (χ1n) is 6.33. The number of hydrogen-bond donors (Lipinski definition) is 2. The number of carbonyl (C=O) groups excluding carboxylic acids is 2. The Hall–Kier alpha value is -0.750. The SMILES string of the molecule is CC(C)CNC(=O)CN(C)C(=O)C1CSCCN1. The molecule has 0 aromatic carbocycles. The molecule has 18 heavy (non-hydrogen) atoms. The monoisotopic (exact) mass is 273 g/mol. The average Bonchev–Trinajstić information content (AvgIpc) is 2.36. The van der Waals surface area contributed by atoms with E-state index in [9.17, 15) is 9.59 Å². The van der Waals surface area contributed by atoms with E-state index in [1.807, 2.05) is 13.8 Å². The van der Waals surface area contributed by atoms with Gasteiger partial charge in [-0.25, -0.2) is 0 Å². The van der Waals surface area contributed by atoms with E-state index < -0.39 is 0 Å². The van der Waals surface area contributed by atoms with Gasteiger partial charge in [0.15, 0.2) is 0 Å². The molecule has 1 aliphatic rings. The van der Waals surface area contributed by atoms with Crippen LogP contribution in [-0.4, -0.2) is 60.9 Å². The molecule has 5 nitrogen and oxygen atoms in total. The van der Waals surface area contributed by atoms with Gasteiger partial charge in [-0.3, -0.25) is 9.59 Å². The van der Waals surface area contributed by atoms with Crippen molar-refractivity contribution >= 4 is 23.6 Å². The fraction of sp³-hybridized carbons (Fsp3) is 0.833. The first-order valence-corrected chi connectivity index (χ1v) is 7.49. The topological polar surface area (TPSA) is 61.4 Å². The van der Waals surface area contributed by atoms with E-state index in [1.54, 1.807) is 18.8 Å². The standard InChI is InChI=1S/C12H23N3O2S/c1-9(2)6-14-11(16)7-15(3)12(17)10-8-18-5-4-13-10/h9-10,13H,4-8H2,1-3H3,(H,14,16). The van der Waals surface area contributed by atoms with Gasteiger partial charge in [-0.15, -0.1) is 0 Å². The van der Waals surface area contributed by atoms with Crippen LogP contribution >= 0.6 is 11.8 Å². The van der Waals surface area contributed by atoms with E-state index >= 15 is 0 Å². The van der Waals surface area contributed by atoms with Crippen LogP contribution < -0.4 is 10.6 Å². The van der Waals surface area contributed by atoms with Gasteiger partial charge in [-0.05, 0) is 5.92 Å². The maximum absolute atomic E-state index is 12.0. The number of likely N-dealkylation sites (N-methyl/N-ethyl adjacent to an activating group) is 1. The maximum atomic E-state index is 12.0. The summed E-state index contributed by atoms with van der Waals surface area (Å²) < 4.78 is 0. The highest BCUT2D eigenvalue weighted by atomic mass is 32.2. The van der Waals surface area contributed by atoms with E-state index in [0.717, 1.165) is 18.1 Å². The van der Waals surface area contributed by atoms with Crippen molar-refractivity contribution in [1.29, 1.82) is 0 Å². The first kappa shape index (κ1) is 15.3. The Bertz CT molecular complexity index is 291. The van der Waals surface area contributed by atoms with Crippen LogP contribution in [0.5, 0.6) is 0 Å². The zero-order valence-electron chi connectivity index (χ0n) is 11.4. The summed E-state index contributed by atoms with van der Waals surface area (Å²) in [4.78, 5) is 25.2. The van der Waals surface area contributed by atoms with Crippen LogP contribution in [0.25, 0.3) is 0 Å². The largest absolute Gasteiger partial charge is 0.354 e. The van der Waals surface area contributed by atoms with Crippen molar-refractivity contribution in [3.05, 3.63) is 0 Å². The molecule has 2 amide bonds. The Morgan fingerprint density at radius 2 is 2.22 bits per heavy atom. The fourth-order valence-corrected chi connectivity index (χ4v) is 2.58. The van der Waals surface area contributed by atoms with Crippen LogP contribution in [0.4, 0.5) is 0 Å². The molecular weight excluding hydrogens is 250 g/mol. The molecule has 0 spiro atoms. The van der Waals surface area contributed by atoms with E-state index in [2.05, 4.69) is 10.6 Å². The molecule has 1 heterocycles. The summed E-state index contributed by atoms with van der Waals surface area (Å²) in [6, 6.07) is -0.147. The van der Waals surface area contributed by atoms with Gasteiger partial charge in [0.05, 0.1) is 12.6 Å². The predicted molar refractivity (Wildman–Crippen MR) is 74.6 cm³/mol. The molecule has 0 aromatic heterocycles. The lowest BCUT2D eigenvalue weighted by Gasteiger charge is -2.26. The van der Waals surface area contributed by atoms with Crippen molar-refractivity contribution in [2.45, 2.75) is 19.9 Å². The summed E-state index contributed by atoms with van der Waals surface area (Å²) in [6.45, 7) is 5.72. The van der Waals surface area contributed by atoms with Crippen molar-refractivity contribution in [3.8, 4) is 0 Å². The number of hydrogen-bond acceptors (Lipinski definition) is 4. The summed E-state index contributed by atoms with van der Waals surface area (Å²) in [7, 11) is 1.68. The minimum atomic E-state index is -0.147. The molecule has 1 unspecified atom stereocenters. The quantitative estimate of drug-likeness (QED) is 0.736. The number of rotatable bonds is 5. The van der Waals surface area contributed by atoms with Gasteiger partial charge in [-0.2, -0.15) is 11.8 Å². The lowest BCUT2D eigenvalue weighted by molar-refractivity contribution is -0.136. The Balaban J connectivity index is 2.32. The number of nitrogens with one attached hydrogen (secondary N) is 2. The highest BCUT2D eigenvalue weighted by Crippen LogP contribution is 2.09. The molecule has 1 fully saturated rings. The second-order valence-electron chi connectivity index (χ2n) is 4.97. The predicted octanol–water partition coefficient (Wildman–Crippen LogP) is -0.0780. The molecule has 1 saturated heterocycles. The van der Waals surface area contributed by atoms with Crippen LogP contribution in [0.3, 0.4) is 0 Å². The maximum Gasteiger partial charge on any atom is 0.240 e. The van der Waals surface area contributed by atoms with E-state index in [-0.39, 0.29) is 24.4 Å². The number of nitrogens with zero attached hydrogens (tertiary/aromatic N) is 1. The van der Waals surface area contributed by atoms with E-state index in [0.29, 0.717) is 12.5 Å². The van der Waals surface area contributed by atoms with Gasteiger partial charge in [0.25, 0.3) is 0 Å². The molecule has 2 N–H and O–H groups in total. The lowest BCUT2D eigenvalue weighted by atomic mass is 10.2. The second kappa shape index (κ2) is 7.63. The molecule has 0 saturated carbocycles. The summed E-state index contributed by atoms with van der Waals surface area (Å²) in [5.41, 5.74) is 0. The molecule has 104 valence electrons. The summed E-state index contributed by atoms with van der Waals surface area (Å²) in [6.07, 6.45) is 0. The van der Waals surface area contributed by atoms with Gasteiger partial charge >= 0.3 is 0 Å². The summed E-state index contributed by atoms with van der Waals surface area (Å²) in [5.74, 6) is 2.16. The van der Waals surface area contributed by atoms with Crippen molar-refractivity contribution in [1.82, 2.24) is 15.5 Å². The minimum Gasteiger partial charge on any atom is -0.354 e. The van der Waals surface area contributed by atoms with Crippen LogP contribution in [0.15, 0.2) is 0 Å². The van der Waals surface area contributed by atoms with Crippen molar-refractivity contribution in [3.63, 3.8) is 0 Å². The minimum absolute atomic E-state index is 0.00176. The molecule has 0 radical (unpaired) electrons. The van der Waals surface area contributed by atoms with Gasteiger partial charge in [0.1, 0.15) is 0 Å². The third kappa shape index (κ3) is 5.27. The van der Waals surface area contributed by atoms with E-state index in [1.165, 1.54) is 4.90 Å². The Morgan fingerprint density at radius 1 is 1.50 bits per heavy atom. The zero-order valence-corrected chi connectivity index (χ0v) is 12.2. The average molecular weight is 273 g/mol. The summed E-state index contributed by atoms with van der Waals surface area (Å²) in [5, 5.41) is 5.99. The highest BCUT2D eigenvalue weighted by molar-refractivity contribution is 7.99. The number of amides is 2. The second-order valence-corrected chi connectivity index (χ2v) is 6.12. The summed E-state index contributed by atoms with van der Waals surface area (Å²) >= 11 is 1.77. The Kier molecular flexibility index (Phi) is 6.49. The van der Waals surface area contributed by atoms with Crippen molar-refractivity contribution < 1.29 is 9.59 Å². The van der Waals surface area contributed by atoms with Crippen LogP contribution in [-0.2, 0) is 9.59 Å². The molecule has 0 aromatic rings. The third-order valence-corrected chi connectivity index (χ3v) is 3.75. The van der Waals surface area contributed by atoms with Gasteiger partial charge in [-0.1, -0.05) is 13.8 Å². The van der Waals surface area contributed by atoms with Gasteiger partial charge < -0.3 is 15.5 Å². The molecule has 1 rings (SSSR count). The molecule has 0 aliphatic carbocycles. The zero-order chi connectivity index (χ0) is 13.5. The third-order valence-electron chi connectivity index (χ3n) is 2.68. The Labute approximate surface area is 113 Å². The van der Waals surface area contributed by atoms with Crippen LogP contribution in [0.2, 0.25) is 0 Å². The van der Waals surface area contributed by atoms with Crippen LogP contribution in [0.1, 0.15) is 13.8 Å². The normalized spacial score (nSPS) is 19.7. The van der Waals surface area contributed by atoms with Gasteiger partial charge in [0.2, 0.25) is 11.8 Å². The van der Waals surface area contributed by atoms with E-state index in [4.69, 9.17) is 0 Å². The van der Waals surface area contributed by atoms with Gasteiger partial charge in [0, 0.05) is 31.6 Å². The van der Waals surface area contributed by atoms with Crippen molar-refractivity contribution in [2.24, 2.45) is 5.92 Å². The lowest BCUT2D eigenvalue weighted by Crippen LogP contribution is -2.51. The fourth-order valence-electron chi connectivity index (χ4n) is 1.66. The smallest absolute Gasteiger partial charge is 0.240 e. The highest BCUT2D eigenvalue weighted by Gasteiger charge is 2.24.